The van der Waals surface area contributed by atoms with Crippen LogP contribution in [0.3, 0.4) is 0 Å². The zero-order valence-corrected chi connectivity index (χ0v) is 17.9. The van der Waals surface area contributed by atoms with E-state index in [1.165, 1.54) is 12.1 Å². The number of anilines is 2. The van der Waals surface area contributed by atoms with Gasteiger partial charge in [-0.25, -0.2) is 21.2 Å². The Kier molecular flexibility index (Phi) is 6.22. The third kappa shape index (κ3) is 5.46. The van der Waals surface area contributed by atoms with Crippen LogP contribution in [-0.4, -0.2) is 53.6 Å². The van der Waals surface area contributed by atoms with Crippen LogP contribution >= 0.6 is 0 Å². The van der Waals surface area contributed by atoms with Gasteiger partial charge < -0.3 is 4.90 Å². The Balaban J connectivity index is 1.75. The highest BCUT2D eigenvalue weighted by atomic mass is 32.2. The zero-order valence-electron chi connectivity index (χ0n) is 16.2. The van der Waals surface area contributed by atoms with Crippen molar-refractivity contribution >= 4 is 31.4 Å². The van der Waals surface area contributed by atoms with Gasteiger partial charge in [0.25, 0.3) is 0 Å². The molecule has 0 aliphatic carbocycles. The lowest BCUT2D eigenvalue weighted by molar-refractivity contribution is -0.137. The second kappa shape index (κ2) is 8.28. The average Bonchev–Trinajstić information content (AvgIpc) is 2.66. The number of piperazine rings is 1. The molecule has 3 rings (SSSR count). The summed E-state index contributed by atoms with van der Waals surface area (Å²) in [6.45, 7) is 0.133. The molecule has 2 aromatic rings. The van der Waals surface area contributed by atoms with Crippen LogP contribution in [0.25, 0.3) is 0 Å². The van der Waals surface area contributed by atoms with Crippen molar-refractivity contribution < 1.29 is 34.4 Å². The van der Waals surface area contributed by atoms with Crippen molar-refractivity contribution in [2.75, 3.05) is 42.1 Å². The number of alkyl halides is 3. The monoisotopic (exact) mass is 481 g/mol. The fourth-order valence-corrected chi connectivity index (χ4v) is 5.21. The predicted molar refractivity (Wildman–Crippen MR) is 107 cm³/mol. The summed E-state index contributed by atoms with van der Waals surface area (Å²) in [5.41, 5.74) is -0.604. The number of benzene rings is 2. The minimum Gasteiger partial charge on any atom is -0.369 e. The van der Waals surface area contributed by atoms with Gasteiger partial charge in [0.2, 0.25) is 20.0 Å². The lowest BCUT2D eigenvalue weighted by atomic mass is 10.1. The first kappa shape index (κ1) is 23.3. The average molecular weight is 481 g/mol. The molecule has 0 bridgehead atoms. The van der Waals surface area contributed by atoms with Crippen LogP contribution in [-0.2, 0) is 26.2 Å². The van der Waals surface area contributed by atoms with Crippen molar-refractivity contribution in [3.05, 3.63) is 53.8 Å². The minimum atomic E-state index is -4.49. The molecule has 0 unspecified atom stereocenters. The van der Waals surface area contributed by atoms with Gasteiger partial charge in [-0.2, -0.15) is 17.5 Å². The Bertz CT molecular complexity index is 1180. The molecule has 1 fully saturated rings. The SMILES string of the molecule is CS(=O)(=O)Nc1ccc(S(=O)(=O)N2CCN(c3cccc(C(F)(F)F)c3)CC2)c(F)c1. The van der Waals surface area contributed by atoms with Gasteiger partial charge in [-0.3, -0.25) is 4.72 Å². The van der Waals surface area contributed by atoms with E-state index in [2.05, 4.69) is 4.72 Å². The maximum absolute atomic E-state index is 14.4. The molecule has 1 saturated heterocycles. The van der Waals surface area contributed by atoms with Gasteiger partial charge in [-0.05, 0) is 36.4 Å². The maximum Gasteiger partial charge on any atom is 0.416 e. The summed E-state index contributed by atoms with van der Waals surface area (Å²) in [7, 11) is -7.88. The van der Waals surface area contributed by atoms with Crippen molar-refractivity contribution in [2.24, 2.45) is 0 Å². The summed E-state index contributed by atoms with van der Waals surface area (Å²) in [6.07, 6.45) is -3.61. The second-order valence-electron chi connectivity index (χ2n) is 6.96. The quantitative estimate of drug-likeness (QED) is 0.664. The first-order valence-corrected chi connectivity index (χ1v) is 12.3. The molecule has 0 radical (unpaired) electrons. The summed E-state index contributed by atoms with van der Waals surface area (Å²) in [4.78, 5) is 1.01. The highest BCUT2D eigenvalue weighted by Crippen LogP contribution is 2.32. The highest BCUT2D eigenvalue weighted by molar-refractivity contribution is 7.92. The molecule has 13 heteroatoms. The van der Waals surface area contributed by atoms with Crippen molar-refractivity contribution in [3.8, 4) is 0 Å². The number of nitrogens with one attached hydrogen (secondary N) is 1. The molecule has 2 aromatic carbocycles. The van der Waals surface area contributed by atoms with Gasteiger partial charge in [0.1, 0.15) is 10.7 Å². The van der Waals surface area contributed by atoms with E-state index in [1.807, 2.05) is 0 Å². The number of nitrogens with zero attached hydrogens (tertiary/aromatic N) is 2. The summed E-state index contributed by atoms with van der Waals surface area (Å²) in [5, 5.41) is 0. The number of rotatable bonds is 5. The molecule has 7 nitrogen and oxygen atoms in total. The molecule has 0 spiro atoms. The van der Waals surface area contributed by atoms with Crippen LogP contribution in [0.2, 0.25) is 0 Å². The van der Waals surface area contributed by atoms with Gasteiger partial charge in [0, 0.05) is 31.9 Å². The van der Waals surface area contributed by atoms with E-state index in [0.717, 1.165) is 40.9 Å². The number of sulfonamides is 2. The Labute approximate surface area is 177 Å². The summed E-state index contributed by atoms with van der Waals surface area (Å²) >= 11 is 0. The van der Waals surface area contributed by atoms with Gasteiger partial charge in [-0.15, -0.1) is 0 Å². The van der Waals surface area contributed by atoms with E-state index in [0.29, 0.717) is 5.69 Å². The van der Waals surface area contributed by atoms with Crippen LogP contribution in [0.5, 0.6) is 0 Å². The van der Waals surface area contributed by atoms with Crippen LogP contribution in [0.4, 0.5) is 28.9 Å². The number of hydrogen-bond acceptors (Lipinski definition) is 5. The Morgan fingerprint density at radius 3 is 2.13 bits per heavy atom. The predicted octanol–water partition coefficient (Wildman–Crippen LogP) is 2.73. The van der Waals surface area contributed by atoms with E-state index < -0.39 is 42.5 Å². The lowest BCUT2D eigenvalue weighted by Gasteiger charge is -2.35. The Morgan fingerprint density at radius 2 is 1.58 bits per heavy atom. The molecular formula is C18H19F4N3O4S2. The smallest absolute Gasteiger partial charge is 0.369 e. The Morgan fingerprint density at radius 1 is 0.935 bits per heavy atom. The van der Waals surface area contributed by atoms with Crippen molar-refractivity contribution in [1.82, 2.24) is 4.31 Å². The maximum atomic E-state index is 14.4. The van der Waals surface area contributed by atoms with E-state index >= 15 is 0 Å². The molecular weight excluding hydrogens is 462 g/mol. The highest BCUT2D eigenvalue weighted by Gasteiger charge is 2.33. The lowest BCUT2D eigenvalue weighted by Crippen LogP contribution is -2.48. The molecule has 170 valence electrons. The molecule has 1 heterocycles. The number of hydrogen-bond donors (Lipinski definition) is 1. The normalized spacial score (nSPS) is 16.4. The third-order valence-corrected chi connectivity index (χ3v) is 7.17. The summed E-state index contributed by atoms with van der Waals surface area (Å²) in [6, 6.07) is 7.61. The largest absolute Gasteiger partial charge is 0.416 e. The molecule has 31 heavy (non-hydrogen) atoms. The second-order valence-corrected chi connectivity index (χ2v) is 10.6. The zero-order chi connectivity index (χ0) is 23.0. The van der Waals surface area contributed by atoms with Crippen LogP contribution in [0.1, 0.15) is 5.56 Å². The molecule has 1 aliphatic heterocycles. The third-order valence-electron chi connectivity index (χ3n) is 4.63. The van der Waals surface area contributed by atoms with E-state index in [9.17, 15) is 34.4 Å². The molecule has 0 saturated carbocycles. The van der Waals surface area contributed by atoms with Crippen LogP contribution < -0.4 is 9.62 Å². The topological polar surface area (TPSA) is 86.8 Å². The van der Waals surface area contributed by atoms with E-state index in [-0.39, 0.29) is 31.9 Å². The van der Waals surface area contributed by atoms with Crippen LogP contribution in [0.15, 0.2) is 47.4 Å². The standard InChI is InChI=1S/C18H19F4N3O4S2/c1-30(26,27)23-14-5-6-17(16(19)12-14)31(28,29)25-9-7-24(8-10-25)15-4-2-3-13(11-15)18(20,21)22/h2-6,11-12,23H,7-10H2,1H3. The first-order valence-electron chi connectivity index (χ1n) is 8.97. The fraction of sp³-hybridized carbons (Fsp3) is 0.333. The van der Waals surface area contributed by atoms with E-state index in [4.69, 9.17) is 0 Å². The molecule has 0 atom stereocenters. The molecule has 0 amide bonds. The van der Waals surface area contributed by atoms with Crippen molar-refractivity contribution in [1.29, 1.82) is 0 Å². The van der Waals surface area contributed by atoms with Crippen LogP contribution in [0, 0.1) is 5.82 Å². The summed E-state index contributed by atoms with van der Waals surface area (Å²) in [5.74, 6) is -1.12. The van der Waals surface area contributed by atoms with Crippen molar-refractivity contribution in [3.63, 3.8) is 0 Å². The molecule has 1 N–H and O–H groups in total. The minimum absolute atomic E-state index is 0.0542. The molecule has 1 aliphatic rings. The Hall–Kier alpha value is -2.38. The molecule has 0 aromatic heterocycles. The number of halogens is 4. The van der Waals surface area contributed by atoms with Gasteiger partial charge >= 0.3 is 6.18 Å². The van der Waals surface area contributed by atoms with Gasteiger partial charge in [-0.1, -0.05) is 6.07 Å². The first-order chi connectivity index (χ1) is 14.3. The summed E-state index contributed by atoms with van der Waals surface area (Å²) < 4.78 is 104. The fourth-order valence-electron chi connectivity index (χ4n) is 3.19. The van der Waals surface area contributed by atoms with Gasteiger partial charge in [0.05, 0.1) is 17.5 Å². The van der Waals surface area contributed by atoms with Crippen molar-refractivity contribution in [2.45, 2.75) is 11.1 Å². The van der Waals surface area contributed by atoms with E-state index in [1.54, 1.807) is 4.90 Å². The van der Waals surface area contributed by atoms with Gasteiger partial charge in [0.15, 0.2) is 0 Å².